The average molecular weight is 418 g/mol. The van der Waals surface area contributed by atoms with Gasteiger partial charge in [-0.25, -0.2) is 9.59 Å². The lowest BCUT2D eigenvalue weighted by atomic mass is 10.00. The molecule has 8 nitrogen and oxygen atoms in total. The van der Waals surface area contributed by atoms with Crippen LogP contribution in [0.2, 0.25) is 0 Å². The van der Waals surface area contributed by atoms with Crippen LogP contribution in [0.1, 0.15) is 58.5 Å². The molecule has 0 unspecified atom stereocenters. The Morgan fingerprint density at radius 1 is 0.833 bits per heavy atom. The minimum atomic E-state index is -1.32. The van der Waals surface area contributed by atoms with Gasteiger partial charge in [0.2, 0.25) is 5.75 Å². The molecule has 3 N–H and O–H groups in total. The van der Waals surface area contributed by atoms with Crippen LogP contribution in [0.4, 0.5) is 0 Å². The van der Waals surface area contributed by atoms with E-state index in [0.717, 1.165) is 0 Å². The van der Waals surface area contributed by atoms with Gasteiger partial charge in [0.15, 0.2) is 11.5 Å². The van der Waals surface area contributed by atoms with Crippen LogP contribution in [0.25, 0.3) is 0 Å². The van der Waals surface area contributed by atoms with E-state index in [1.54, 1.807) is 6.07 Å². The molecule has 0 aliphatic carbocycles. The fraction of sp³-hybridized carbons (Fsp3) is 0.364. The number of hydrogen-bond donors (Lipinski definition) is 3. The summed E-state index contributed by atoms with van der Waals surface area (Å²) >= 11 is 0. The third-order valence-corrected chi connectivity index (χ3v) is 4.59. The molecule has 0 fully saturated rings. The zero-order chi connectivity index (χ0) is 22.4. The predicted molar refractivity (Wildman–Crippen MR) is 110 cm³/mol. The molecule has 8 heteroatoms. The maximum absolute atomic E-state index is 12.0. The maximum Gasteiger partial charge on any atom is 0.339 e. The molecule has 0 aliphatic heterocycles. The van der Waals surface area contributed by atoms with Crippen molar-refractivity contribution >= 4 is 11.9 Å². The quantitative estimate of drug-likeness (QED) is 0.515. The molecule has 30 heavy (non-hydrogen) atoms. The van der Waals surface area contributed by atoms with Gasteiger partial charge in [-0.05, 0) is 36.1 Å². The Morgan fingerprint density at radius 2 is 1.40 bits per heavy atom. The molecule has 0 aromatic heterocycles. The number of rotatable bonds is 10. The van der Waals surface area contributed by atoms with Crippen LogP contribution in [-0.2, 0) is 12.8 Å². The normalized spacial score (nSPS) is 10.5. The molecule has 162 valence electrons. The Labute approximate surface area is 174 Å². The first kappa shape index (κ1) is 22.9. The first-order valence-corrected chi connectivity index (χ1v) is 9.57. The fourth-order valence-corrected chi connectivity index (χ4v) is 3.30. The number of carbonyl (C=O) groups is 2. The van der Waals surface area contributed by atoms with Gasteiger partial charge in [-0.3, -0.25) is 0 Å². The lowest BCUT2D eigenvalue weighted by Gasteiger charge is -2.19. The van der Waals surface area contributed by atoms with E-state index in [1.807, 2.05) is 13.8 Å². The van der Waals surface area contributed by atoms with Crippen molar-refractivity contribution in [1.82, 2.24) is 0 Å². The number of hydrogen-bond acceptors (Lipinski definition) is 6. The molecule has 0 aliphatic rings. The smallest absolute Gasteiger partial charge is 0.339 e. The van der Waals surface area contributed by atoms with Crippen molar-refractivity contribution in [2.45, 2.75) is 39.5 Å². The zero-order valence-corrected chi connectivity index (χ0v) is 17.4. The second kappa shape index (κ2) is 9.87. The van der Waals surface area contributed by atoms with Crippen LogP contribution in [-0.4, -0.2) is 41.5 Å². The largest absolute Gasteiger partial charge is 0.504 e. The van der Waals surface area contributed by atoms with Crippen LogP contribution in [0.15, 0.2) is 18.2 Å². The number of benzene rings is 2. The molecule has 0 saturated carbocycles. The van der Waals surface area contributed by atoms with Gasteiger partial charge in [0.1, 0.15) is 22.6 Å². The summed E-state index contributed by atoms with van der Waals surface area (Å²) in [5.74, 6) is -3.04. The van der Waals surface area contributed by atoms with Crippen molar-refractivity contribution in [2.75, 3.05) is 14.2 Å². The summed E-state index contributed by atoms with van der Waals surface area (Å²) < 4.78 is 16.3. The van der Waals surface area contributed by atoms with E-state index < -0.39 is 17.7 Å². The third-order valence-electron chi connectivity index (χ3n) is 4.59. The highest BCUT2D eigenvalue weighted by molar-refractivity contribution is 5.95. The number of methoxy groups -OCH3 is 2. The number of carboxylic acid groups (broad SMARTS) is 2. The van der Waals surface area contributed by atoms with E-state index in [0.29, 0.717) is 42.6 Å². The fourth-order valence-electron chi connectivity index (χ4n) is 3.30. The standard InChI is InChI=1S/C22H26O8/c1-5-7-12-9-14(28-3)11-15(17(12)21(24)25)30-20-16(29-4)10-13(8-6-2)18(19(20)23)22(26)27/h9-11,23H,5-8H2,1-4H3,(H,24,25)(H,26,27). The Hall–Kier alpha value is -3.42. The number of phenols is 1. The zero-order valence-electron chi connectivity index (χ0n) is 17.4. The first-order chi connectivity index (χ1) is 14.3. The number of aromatic carboxylic acids is 2. The minimum absolute atomic E-state index is 0.0847. The van der Waals surface area contributed by atoms with Crippen LogP contribution in [0.3, 0.4) is 0 Å². The topological polar surface area (TPSA) is 123 Å². The Morgan fingerprint density at radius 3 is 1.87 bits per heavy atom. The molecule has 0 heterocycles. The molecule has 2 rings (SSSR count). The summed E-state index contributed by atoms with van der Waals surface area (Å²) in [6.45, 7) is 3.79. The molecule has 0 radical (unpaired) electrons. The number of carboxylic acids is 2. The van der Waals surface area contributed by atoms with Crippen molar-refractivity contribution < 1.29 is 39.1 Å². The van der Waals surface area contributed by atoms with Crippen LogP contribution in [0, 0.1) is 0 Å². The predicted octanol–water partition coefficient (Wildman–Crippen LogP) is 4.50. The van der Waals surface area contributed by atoms with Gasteiger partial charge >= 0.3 is 11.9 Å². The molecule has 0 saturated heterocycles. The van der Waals surface area contributed by atoms with Gasteiger partial charge in [-0.15, -0.1) is 0 Å². The van der Waals surface area contributed by atoms with Crippen molar-refractivity contribution in [1.29, 1.82) is 0 Å². The first-order valence-electron chi connectivity index (χ1n) is 9.57. The Balaban J connectivity index is 2.75. The van der Waals surface area contributed by atoms with Crippen LogP contribution in [0.5, 0.6) is 28.7 Å². The van der Waals surface area contributed by atoms with Crippen LogP contribution >= 0.6 is 0 Å². The molecule has 0 atom stereocenters. The molecule has 0 spiro atoms. The second-order valence-corrected chi connectivity index (χ2v) is 6.66. The average Bonchev–Trinajstić information content (AvgIpc) is 2.69. The van der Waals surface area contributed by atoms with Crippen molar-refractivity contribution in [3.05, 3.63) is 40.5 Å². The van der Waals surface area contributed by atoms with Crippen molar-refractivity contribution in [3.63, 3.8) is 0 Å². The highest BCUT2D eigenvalue weighted by Crippen LogP contribution is 2.45. The van der Waals surface area contributed by atoms with Gasteiger partial charge < -0.3 is 29.5 Å². The van der Waals surface area contributed by atoms with E-state index >= 15 is 0 Å². The summed E-state index contributed by atoms with van der Waals surface area (Å²) in [6, 6.07) is 4.47. The van der Waals surface area contributed by atoms with Gasteiger partial charge in [0.05, 0.1) is 14.2 Å². The minimum Gasteiger partial charge on any atom is -0.504 e. The van der Waals surface area contributed by atoms with E-state index in [9.17, 15) is 24.9 Å². The Bertz CT molecular complexity index is 949. The van der Waals surface area contributed by atoms with E-state index in [-0.39, 0.29) is 28.4 Å². The number of aryl methyl sites for hydroxylation is 2. The SMILES string of the molecule is CCCc1cc(OC)cc(Oc2c(OC)cc(CCC)c(C(=O)O)c2O)c1C(=O)O. The summed E-state index contributed by atoms with van der Waals surface area (Å²) in [4.78, 5) is 23.7. The van der Waals surface area contributed by atoms with Crippen molar-refractivity contribution in [3.8, 4) is 28.7 Å². The summed E-state index contributed by atoms with van der Waals surface area (Å²) in [6.07, 6.45) is 2.22. The molecule has 2 aromatic rings. The molecular weight excluding hydrogens is 392 g/mol. The van der Waals surface area contributed by atoms with Crippen LogP contribution < -0.4 is 14.2 Å². The lowest BCUT2D eigenvalue weighted by Crippen LogP contribution is -2.08. The molecule has 0 amide bonds. The maximum atomic E-state index is 12.0. The highest BCUT2D eigenvalue weighted by atomic mass is 16.5. The molecule has 2 aromatic carbocycles. The van der Waals surface area contributed by atoms with Gasteiger partial charge in [0, 0.05) is 6.07 Å². The van der Waals surface area contributed by atoms with E-state index in [2.05, 4.69) is 0 Å². The van der Waals surface area contributed by atoms with Gasteiger partial charge in [0.25, 0.3) is 0 Å². The van der Waals surface area contributed by atoms with Gasteiger partial charge in [-0.2, -0.15) is 0 Å². The summed E-state index contributed by atoms with van der Waals surface area (Å²) in [7, 11) is 2.79. The Kier molecular flexibility index (Phi) is 7.52. The summed E-state index contributed by atoms with van der Waals surface area (Å²) in [5.41, 5.74) is 0.496. The number of aromatic hydroxyl groups is 1. The second-order valence-electron chi connectivity index (χ2n) is 6.66. The van der Waals surface area contributed by atoms with Gasteiger partial charge in [-0.1, -0.05) is 26.7 Å². The molecular formula is C22H26O8. The third kappa shape index (κ3) is 4.59. The monoisotopic (exact) mass is 418 g/mol. The molecule has 0 bridgehead atoms. The van der Waals surface area contributed by atoms with E-state index in [4.69, 9.17) is 14.2 Å². The van der Waals surface area contributed by atoms with E-state index in [1.165, 1.54) is 26.4 Å². The highest BCUT2D eigenvalue weighted by Gasteiger charge is 2.27. The van der Waals surface area contributed by atoms with Crippen molar-refractivity contribution in [2.24, 2.45) is 0 Å². The lowest BCUT2D eigenvalue weighted by molar-refractivity contribution is 0.0679. The summed E-state index contributed by atoms with van der Waals surface area (Å²) in [5, 5.41) is 30.1. The number of ether oxygens (including phenoxy) is 3.